The Balaban J connectivity index is 1.70. The molecule has 4 atom stereocenters. The summed E-state index contributed by atoms with van der Waals surface area (Å²) >= 11 is 5.95. The van der Waals surface area contributed by atoms with Gasteiger partial charge in [-0.05, 0) is 37.8 Å². The third-order valence-electron chi connectivity index (χ3n) is 4.88. The lowest BCUT2D eigenvalue weighted by atomic mass is 10.00. The van der Waals surface area contributed by atoms with E-state index >= 15 is 0 Å². The van der Waals surface area contributed by atoms with E-state index in [0.29, 0.717) is 22.4 Å². The Morgan fingerprint density at radius 3 is 2.90 bits per heavy atom. The second kappa shape index (κ2) is 5.47. The largest absolute Gasteiger partial charge is 0.393 e. The summed E-state index contributed by atoms with van der Waals surface area (Å²) in [6.45, 7) is 3.71. The Morgan fingerprint density at radius 1 is 1.40 bits per heavy atom. The van der Waals surface area contributed by atoms with Crippen LogP contribution in [0.2, 0.25) is 5.02 Å². The van der Waals surface area contributed by atoms with E-state index in [2.05, 4.69) is 4.90 Å². The van der Waals surface area contributed by atoms with Crippen LogP contribution in [0.4, 0.5) is 0 Å². The molecule has 108 valence electrons. The van der Waals surface area contributed by atoms with Crippen LogP contribution in [0.3, 0.4) is 0 Å². The molecule has 3 rings (SSSR count). The van der Waals surface area contributed by atoms with Crippen LogP contribution in [0.25, 0.3) is 0 Å². The summed E-state index contributed by atoms with van der Waals surface area (Å²) in [4.78, 5) is 14.7. The third kappa shape index (κ3) is 2.50. The fraction of sp³-hybridized carbons (Fsp3) is 0.562. The number of carbonyl (C=O) groups is 1. The molecule has 2 fully saturated rings. The van der Waals surface area contributed by atoms with Crippen LogP contribution in [0, 0.1) is 11.8 Å². The molecule has 4 heteroatoms. The van der Waals surface area contributed by atoms with Gasteiger partial charge in [-0.25, -0.2) is 0 Å². The fourth-order valence-corrected chi connectivity index (χ4v) is 3.83. The molecule has 0 amide bonds. The minimum atomic E-state index is -0.182. The van der Waals surface area contributed by atoms with Crippen molar-refractivity contribution in [1.82, 2.24) is 4.90 Å². The minimum absolute atomic E-state index is 0.113. The summed E-state index contributed by atoms with van der Waals surface area (Å²) in [6, 6.07) is 6.98. The lowest BCUT2D eigenvalue weighted by Crippen LogP contribution is -2.38. The van der Waals surface area contributed by atoms with Gasteiger partial charge in [0.15, 0.2) is 5.78 Å². The molecule has 1 aromatic carbocycles. The number of nitrogens with zero attached hydrogens (tertiary/aromatic N) is 1. The second-order valence-corrected chi connectivity index (χ2v) is 6.51. The number of halogens is 1. The van der Waals surface area contributed by atoms with Crippen LogP contribution in [-0.2, 0) is 0 Å². The highest BCUT2D eigenvalue weighted by molar-refractivity contribution is 6.31. The molecule has 4 unspecified atom stereocenters. The van der Waals surface area contributed by atoms with E-state index in [4.69, 9.17) is 11.6 Å². The smallest absolute Gasteiger partial charge is 0.179 e. The standard InChI is InChI=1S/C16H20ClNO2/c1-10(16(20)11-3-2-4-13(17)7-11)18-8-12-5-6-15(19)14(12)9-18/h2-4,7,10,12,14-15,19H,5-6,8-9H2,1H3. The van der Waals surface area contributed by atoms with E-state index in [1.165, 1.54) is 0 Å². The third-order valence-corrected chi connectivity index (χ3v) is 5.12. The van der Waals surface area contributed by atoms with Gasteiger partial charge in [0.2, 0.25) is 0 Å². The number of hydrogen-bond donors (Lipinski definition) is 1. The summed E-state index contributed by atoms with van der Waals surface area (Å²) in [5.74, 6) is 1.02. The van der Waals surface area contributed by atoms with E-state index in [0.717, 1.165) is 25.9 Å². The molecule has 0 radical (unpaired) electrons. The zero-order valence-electron chi connectivity index (χ0n) is 11.6. The van der Waals surface area contributed by atoms with Crippen LogP contribution in [0.1, 0.15) is 30.1 Å². The van der Waals surface area contributed by atoms with Gasteiger partial charge in [-0.2, -0.15) is 0 Å². The quantitative estimate of drug-likeness (QED) is 0.871. The molecule has 1 aliphatic carbocycles. The summed E-state index contributed by atoms with van der Waals surface area (Å²) in [5.41, 5.74) is 0.669. The minimum Gasteiger partial charge on any atom is -0.393 e. The van der Waals surface area contributed by atoms with Gasteiger partial charge in [-0.1, -0.05) is 23.7 Å². The number of benzene rings is 1. The predicted octanol–water partition coefficient (Wildman–Crippen LogP) is 2.61. The molecule has 3 nitrogen and oxygen atoms in total. The molecule has 0 spiro atoms. The van der Waals surface area contributed by atoms with Gasteiger partial charge < -0.3 is 5.11 Å². The Kier molecular flexibility index (Phi) is 3.85. The van der Waals surface area contributed by atoms with Crippen molar-refractivity contribution in [2.45, 2.75) is 31.9 Å². The van der Waals surface area contributed by atoms with E-state index < -0.39 is 0 Å². The number of Topliss-reactive ketones (excluding diaryl/α,β-unsaturated/α-hetero) is 1. The number of fused-ring (bicyclic) bond motifs is 1. The van der Waals surface area contributed by atoms with E-state index in [-0.39, 0.29) is 17.9 Å². The molecular weight excluding hydrogens is 274 g/mol. The first-order valence-electron chi connectivity index (χ1n) is 7.28. The van der Waals surface area contributed by atoms with Gasteiger partial charge in [-0.3, -0.25) is 9.69 Å². The monoisotopic (exact) mass is 293 g/mol. The summed E-state index contributed by atoms with van der Waals surface area (Å²) in [5, 5.41) is 10.6. The number of rotatable bonds is 3. The van der Waals surface area contributed by atoms with E-state index in [1.807, 2.05) is 19.1 Å². The van der Waals surface area contributed by atoms with Crippen molar-refractivity contribution in [2.24, 2.45) is 11.8 Å². The number of hydrogen-bond acceptors (Lipinski definition) is 3. The van der Waals surface area contributed by atoms with Crippen LogP contribution in [-0.4, -0.2) is 41.0 Å². The van der Waals surface area contributed by atoms with Crippen molar-refractivity contribution in [3.63, 3.8) is 0 Å². The Hall–Kier alpha value is -0.900. The molecule has 20 heavy (non-hydrogen) atoms. The Morgan fingerprint density at radius 2 is 2.20 bits per heavy atom. The first-order valence-corrected chi connectivity index (χ1v) is 7.66. The van der Waals surface area contributed by atoms with Gasteiger partial charge >= 0.3 is 0 Å². The number of ketones is 1. The molecule has 1 aliphatic heterocycles. The van der Waals surface area contributed by atoms with Crippen molar-refractivity contribution in [2.75, 3.05) is 13.1 Å². The lowest BCUT2D eigenvalue weighted by molar-refractivity contribution is 0.0826. The van der Waals surface area contributed by atoms with Crippen molar-refractivity contribution < 1.29 is 9.90 Å². The van der Waals surface area contributed by atoms with Gasteiger partial charge in [0.1, 0.15) is 0 Å². The number of aliphatic hydroxyl groups is 1. The van der Waals surface area contributed by atoms with Crippen molar-refractivity contribution >= 4 is 17.4 Å². The van der Waals surface area contributed by atoms with Crippen molar-refractivity contribution in [1.29, 1.82) is 0 Å². The highest BCUT2D eigenvalue weighted by atomic mass is 35.5. The molecule has 1 heterocycles. The molecule has 1 aromatic rings. The van der Waals surface area contributed by atoms with Crippen LogP contribution in [0.5, 0.6) is 0 Å². The molecule has 1 saturated heterocycles. The SMILES string of the molecule is CC(C(=O)c1cccc(Cl)c1)N1CC2CCC(O)C2C1. The lowest BCUT2D eigenvalue weighted by Gasteiger charge is -2.24. The predicted molar refractivity (Wildman–Crippen MR) is 79.0 cm³/mol. The normalized spacial score (nSPS) is 31.2. The topological polar surface area (TPSA) is 40.5 Å². The van der Waals surface area contributed by atoms with Gasteiger partial charge in [-0.15, -0.1) is 0 Å². The average Bonchev–Trinajstić information content (AvgIpc) is 3.00. The summed E-state index contributed by atoms with van der Waals surface area (Å²) < 4.78 is 0. The molecular formula is C16H20ClNO2. The Bertz CT molecular complexity index is 519. The first kappa shape index (κ1) is 14.1. The fourth-order valence-electron chi connectivity index (χ4n) is 3.64. The highest BCUT2D eigenvalue weighted by Crippen LogP contribution is 2.39. The average molecular weight is 294 g/mol. The number of aliphatic hydroxyl groups excluding tert-OH is 1. The highest BCUT2D eigenvalue weighted by Gasteiger charge is 2.43. The van der Waals surface area contributed by atoms with Crippen molar-refractivity contribution in [3.05, 3.63) is 34.9 Å². The summed E-state index contributed by atoms with van der Waals surface area (Å²) in [6.07, 6.45) is 1.82. The number of carbonyl (C=O) groups excluding carboxylic acids is 1. The van der Waals surface area contributed by atoms with E-state index in [9.17, 15) is 9.90 Å². The van der Waals surface area contributed by atoms with Crippen LogP contribution < -0.4 is 0 Å². The maximum absolute atomic E-state index is 12.5. The number of likely N-dealkylation sites (tertiary alicyclic amines) is 1. The molecule has 1 saturated carbocycles. The van der Waals surface area contributed by atoms with E-state index in [1.54, 1.807) is 12.1 Å². The van der Waals surface area contributed by atoms with Gasteiger partial charge in [0.25, 0.3) is 0 Å². The molecule has 2 aliphatic rings. The van der Waals surface area contributed by atoms with Crippen LogP contribution in [0.15, 0.2) is 24.3 Å². The second-order valence-electron chi connectivity index (χ2n) is 6.07. The van der Waals surface area contributed by atoms with Crippen LogP contribution >= 0.6 is 11.6 Å². The molecule has 0 bridgehead atoms. The molecule has 0 aromatic heterocycles. The zero-order valence-corrected chi connectivity index (χ0v) is 12.4. The maximum Gasteiger partial charge on any atom is 0.179 e. The molecule has 1 N–H and O–H groups in total. The Labute approximate surface area is 124 Å². The first-order chi connectivity index (χ1) is 9.56. The zero-order chi connectivity index (χ0) is 14.3. The van der Waals surface area contributed by atoms with Gasteiger partial charge in [0, 0.05) is 29.6 Å². The van der Waals surface area contributed by atoms with Crippen molar-refractivity contribution in [3.8, 4) is 0 Å². The van der Waals surface area contributed by atoms with Gasteiger partial charge in [0.05, 0.1) is 12.1 Å². The summed E-state index contributed by atoms with van der Waals surface area (Å²) in [7, 11) is 0. The maximum atomic E-state index is 12.5.